The van der Waals surface area contributed by atoms with Gasteiger partial charge in [-0.15, -0.1) is 5.10 Å². The molecular weight excluding hydrogens is 236 g/mol. The molecule has 0 saturated carbocycles. The molecule has 6 nitrogen and oxygen atoms in total. The Labute approximate surface area is 81.8 Å². The van der Waals surface area contributed by atoms with Crippen molar-refractivity contribution in [2.45, 2.75) is 0 Å². The van der Waals surface area contributed by atoms with Crippen molar-refractivity contribution in [1.82, 2.24) is 25.1 Å². The molecule has 2 heterocycles. The van der Waals surface area contributed by atoms with Gasteiger partial charge in [-0.2, -0.15) is 4.98 Å². The normalized spacial score (nSPS) is 10.2. The first-order valence-corrected chi connectivity index (χ1v) is 4.20. The van der Waals surface area contributed by atoms with E-state index >= 15 is 0 Å². The lowest BCUT2D eigenvalue weighted by Gasteiger charge is -1.95. The van der Waals surface area contributed by atoms with Crippen LogP contribution in [0.4, 0.5) is 5.95 Å². The topological polar surface area (TPSA) is 93.4 Å². The Morgan fingerprint density at radius 3 is 2.92 bits per heavy atom. The van der Waals surface area contributed by atoms with Crippen molar-refractivity contribution >= 4 is 21.9 Å². The highest BCUT2D eigenvalue weighted by Crippen LogP contribution is 2.21. The van der Waals surface area contributed by atoms with Gasteiger partial charge in [0.25, 0.3) is 0 Å². The van der Waals surface area contributed by atoms with Gasteiger partial charge in [-0.05, 0) is 15.9 Å². The Bertz CT molecular complexity index is 425. The molecule has 0 unspecified atom stereocenters. The van der Waals surface area contributed by atoms with E-state index in [1.165, 1.54) is 6.33 Å². The molecule has 0 fully saturated rings. The summed E-state index contributed by atoms with van der Waals surface area (Å²) in [6, 6.07) is 0. The molecule has 66 valence electrons. The van der Waals surface area contributed by atoms with Crippen molar-refractivity contribution in [3.63, 3.8) is 0 Å². The first-order chi connectivity index (χ1) is 6.27. The summed E-state index contributed by atoms with van der Waals surface area (Å²) in [6.45, 7) is 0. The van der Waals surface area contributed by atoms with Crippen LogP contribution in [0.15, 0.2) is 17.0 Å². The lowest BCUT2D eigenvalue weighted by molar-refractivity contribution is 1.07. The van der Waals surface area contributed by atoms with E-state index in [4.69, 9.17) is 5.73 Å². The predicted molar refractivity (Wildman–Crippen MR) is 49.5 cm³/mol. The van der Waals surface area contributed by atoms with Gasteiger partial charge in [-0.25, -0.2) is 9.97 Å². The van der Waals surface area contributed by atoms with Crippen LogP contribution in [-0.2, 0) is 0 Å². The summed E-state index contributed by atoms with van der Waals surface area (Å²) in [5, 5.41) is 6.35. The van der Waals surface area contributed by atoms with Crippen LogP contribution in [0.25, 0.3) is 11.5 Å². The molecule has 0 radical (unpaired) electrons. The largest absolute Gasteiger partial charge is 0.366 e. The first kappa shape index (κ1) is 8.11. The summed E-state index contributed by atoms with van der Waals surface area (Å²) in [5.41, 5.74) is 5.99. The number of rotatable bonds is 1. The number of aromatic nitrogens is 5. The number of hydrogen-bond donors (Lipinski definition) is 2. The number of nitrogens with zero attached hydrogens (tertiary/aromatic N) is 4. The molecule has 7 heteroatoms. The molecule has 2 aromatic rings. The van der Waals surface area contributed by atoms with Crippen LogP contribution in [0, 0.1) is 0 Å². The number of hydrogen-bond acceptors (Lipinski definition) is 5. The molecule has 0 aliphatic heterocycles. The van der Waals surface area contributed by atoms with Crippen LogP contribution in [-0.4, -0.2) is 25.1 Å². The maximum absolute atomic E-state index is 5.35. The van der Waals surface area contributed by atoms with E-state index in [2.05, 4.69) is 41.1 Å². The Hall–Kier alpha value is -1.50. The molecule has 0 atom stereocenters. The fourth-order valence-electron chi connectivity index (χ4n) is 0.868. The third kappa shape index (κ3) is 1.50. The summed E-state index contributed by atoms with van der Waals surface area (Å²) >= 11 is 3.29. The third-order valence-electron chi connectivity index (χ3n) is 1.39. The Balaban J connectivity index is 2.52. The number of halogens is 1. The first-order valence-electron chi connectivity index (χ1n) is 3.41. The molecule has 0 bridgehead atoms. The number of aromatic amines is 1. The van der Waals surface area contributed by atoms with Crippen LogP contribution >= 0.6 is 15.9 Å². The molecule has 13 heavy (non-hydrogen) atoms. The van der Waals surface area contributed by atoms with Gasteiger partial charge in [0.05, 0.1) is 4.47 Å². The van der Waals surface area contributed by atoms with E-state index in [0.717, 1.165) is 4.47 Å². The van der Waals surface area contributed by atoms with Crippen LogP contribution in [0.5, 0.6) is 0 Å². The third-order valence-corrected chi connectivity index (χ3v) is 1.97. The van der Waals surface area contributed by atoms with E-state index in [1.807, 2.05) is 0 Å². The highest BCUT2D eigenvalue weighted by Gasteiger charge is 2.08. The van der Waals surface area contributed by atoms with Gasteiger partial charge >= 0.3 is 0 Å². The minimum atomic E-state index is 0.195. The molecule has 0 amide bonds. The standard InChI is InChI=1S/C6H5BrN6/c7-3-1-9-2-10-4(3)5-11-6(8)13-12-5/h1-2H,(H3,8,11,12,13). The summed E-state index contributed by atoms with van der Waals surface area (Å²) in [7, 11) is 0. The number of nitrogen functional groups attached to an aromatic ring is 1. The molecule has 0 aliphatic carbocycles. The van der Waals surface area contributed by atoms with E-state index < -0.39 is 0 Å². The molecule has 0 spiro atoms. The fourth-order valence-corrected chi connectivity index (χ4v) is 1.28. The Morgan fingerprint density at radius 2 is 2.31 bits per heavy atom. The van der Waals surface area contributed by atoms with Crippen molar-refractivity contribution < 1.29 is 0 Å². The quantitative estimate of drug-likeness (QED) is 0.762. The van der Waals surface area contributed by atoms with Gasteiger partial charge in [0.2, 0.25) is 5.95 Å². The number of nitrogens with two attached hydrogens (primary N) is 1. The van der Waals surface area contributed by atoms with E-state index in [0.29, 0.717) is 11.5 Å². The van der Waals surface area contributed by atoms with Gasteiger partial charge in [0, 0.05) is 6.20 Å². The minimum absolute atomic E-state index is 0.195. The maximum Gasteiger partial charge on any atom is 0.239 e. The lowest BCUT2D eigenvalue weighted by atomic mass is 10.4. The highest BCUT2D eigenvalue weighted by molar-refractivity contribution is 9.10. The van der Waals surface area contributed by atoms with Crippen LogP contribution in [0.3, 0.4) is 0 Å². The van der Waals surface area contributed by atoms with E-state index in [9.17, 15) is 0 Å². The van der Waals surface area contributed by atoms with Crippen molar-refractivity contribution in [2.24, 2.45) is 0 Å². The predicted octanol–water partition coefficient (Wildman–Crippen LogP) is 0.606. The monoisotopic (exact) mass is 240 g/mol. The molecular formula is C6H5BrN6. The molecule has 2 rings (SSSR count). The van der Waals surface area contributed by atoms with Crippen molar-refractivity contribution in [3.05, 3.63) is 17.0 Å². The second kappa shape index (κ2) is 3.09. The van der Waals surface area contributed by atoms with Crippen molar-refractivity contribution in [2.75, 3.05) is 5.73 Å². The Morgan fingerprint density at radius 1 is 1.46 bits per heavy atom. The number of anilines is 1. The van der Waals surface area contributed by atoms with Crippen LogP contribution in [0.2, 0.25) is 0 Å². The second-order valence-corrected chi connectivity index (χ2v) is 3.12. The zero-order chi connectivity index (χ0) is 9.26. The summed E-state index contributed by atoms with van der Waals surface area (Å²) in [6.07, 6.45) is 3.06. The van der Waals surface area contributed by atoms with Gasteiger partial charge < -0.3 is 5.73 Å². The number of H-pyrrole nitrogens is 1. The smallest absolute Gasteiger partial charge is 0.239 e. The van der Waals surface area contributed by atoms with Crippen LogP contribution in [0.1, 0.15) is 0 Å². The zero-order valence-electron chi connectivity index (χ0n) is 6.40. The average molecular weight is 241 g/mol. The van der Waals surface area contributed by atoms with E-state index in [-0.39, 0.29) is 5.95 Å². The summed E-state index contributed by atoms with van der Waals surface area (Å²) in [5.74, 6) is 0.715. The van der Waals surface area contributed by atoms with Gasteiger partial charge in [-0.1, -0.05) is 0 Å². The summed E-state index contributed by atoms with van der Waals surface area (Å²) in [4.78, 5) is 11.8. The second-order valence-electron chi connectivity index (χ2n) is 2.26. The molecule has 0 aromatic carbocycles. The van der Waals surface area contributed by atoms with Crippen molar-refractivity contribution in [1.29, 1.82) is 0 Å². The fraction of sp³-hybridized carbons (Fsp3) is 0. The lowest BCUT2D eigenvalue weighted by Crippen LogP contribution is -1.89. The minimum Gasteiger partial charge on any atom is -0.366 e. The molecule has 3 N–H and O–H groups in total. The van der Waals surface area contributed by atoms with Gasteiger partial charge in [0.1, 0.15) is 12.0 Å². The zero-order valence-corrected chi connectivity index (χ0v) is 7.98. The highest BCUT2D eigenvalue weighted by atomic mass is 79.9. The average Bonchev–Trinajstić information content (AvgIpc) is 2.53. The van der Waals surface area contributed by atoms with Crippen molar-refractivity contribution in [3.8, 4) is 11.5 Å². The van der Waals surface area contributed by atoms with Crippen LogP contribution < -0.4 is 5.73 Å². The molecule has 0 saturated heterocycles. The maximum atomic E-state index is 5.35. The molecule has 2 aromatic heterocycles. The van der Waals surface area contributed by atoms with E-state index in [1.54, 1.807) is 6.20 Å². The number of nitrogens with one attached hydrogen (secondary N) is 1. The van der Waals surface area contributed by atoms with Gasteiger partial charge in [0.15, 0.2) is 5.82 Å². The molecule has 0 aliphatic rings. The van der Waals surface area contributed by atoms with Gasteiger partial charge in [-0.3, -0.25) is 5.10 Å². The summed E-state index contributed by atoms with van der Waals surface area (Å²) < 4.78 is 0.742. The Kier molecular flexibility index (Phi) is 1.93. The SMILES string of the molecule is Nc1n[nH]c(-c2ncncc2Br)n1.